The molecule has 1 aromatic rings. The van der Waals surface area contributed by atoms with Gasteiger partial charge >= 0.3 is 0 Å². The predicted octanol–water partition coefficient (Wildman–Crippen LogP) is 3.11. The Hall–Kier alpha value is -1.42. The van der Waals surface area contributed by atoms with E-state index in [0.29, 0.717) is 12.0 Å². The van der Waals surface area contributed by atoms with Crippen molar-refractivity contribution >= 4 is 5.69 Å². The zero-order valence-corrected chi connectivity index (χ0v) is 13.5. The second-order valence-corrected chi connectivity index (χ2v) is 5.58. The molecule has 20 heavy (non-hydrogen) atoms. The minimum absolute atomic E-state index is 0.344. The molecular formula is C16H28N4. The molecule has 1 N–H and O–H groups in total. The van der Waals surface area contributed by atoms with Crippen LogP contribution < -0.4 is 10.2 Å². The highest BCUT2D eigenvalue weighted by atomic mass is 15.1. The van der Waals surface area contributed by atoms with E-state index in [0.717, 1.165) is 36.8 Å². The molecule has 0 saturated carbocycles. The minimum Gasteiger partial charge on any atom is -0.365 e. The molecule has 0 fully saturated rings. The standard InChI is InChI=1S/C16H28N4/c1-7-9-20(8-2)15-11-18-16(12(3)4)19-14(15)10-17-13(5)6/h7,11-13,17H,1,8-10H2,2-6H3. The van der Waals surface area contributed by atoms with E-state index in [1.165, 1.54) is 0 Å². The van der Waals surface area contributed by atoms with Crippen LogP contribution >= 0.6 is 0 Å². The quantitative estimate of drug-likeness (QED) is 0.741. The molecule has 0 aliphatic heterocycles. The summed E-state index contributed by atoms with van der Waals surface area (Å²) in [6.07, 6.45) is 3.87. The van der Waals surface area contributed by atoms with E-state index >= 15 is 0 Å². The van der Waals surface area contributed by atoms with Gasteiger partial charge in [-0.1, -0.05) is 33.8 Å². The molecule has 0 saturated heterocycles. The van der Waals surface area contributed by atoms with Gasteiger partial charge in [-0.15, -0.1) is 6.58 Å². The molecule has 4 heteroatoms. The summed E-state index contributed by atoms with van der Waals surface area (Å²) < 4.78 is 0. The third kappa shape index (κ3) is 4.60. The summed E-state index contributed by atoms with van der Waals surface area (Å²) in [4.78, 5) is 11.5. The summed E-state index contributed by atoms with van der Waals surface area (Å²) in [5, 5.41) is 3.45. The van der Waals surface area contributed by atoms with Gasteiger partial charge in [0.05, 0.1) is 17.6 Å². The van der Waals surface area contributed by atoms with Crippen LogP contribution in [0.5, 0.6) is 0 Å². The summed E-state index contributed by atoms with van der Waals surface area (Å²) in [5.41, 5.74) is 2.17. The highest BCUT2D eigenvalue weighted by Gasteiger charge is 2.14. The molecule has 1 heterocycles. The van der Waals surface area contributed by atoms with E-state index in [1.807, 2.05) is 12.3 Å². The van der Waals surface area contributed by atoms with E-state index in [-0.39, 0.29) is 0 Å². The fourth-order valence-corrected chi connectivity index (χ4v) is 1.95. The number of hydrogen-bond acceptors (Lipinski definition) is 4. The van der Waals surface area contributed by atoms with Gasteiger partial charge in [0.25, 0.3) is 0 Å². The number of anilines is 1. The van der Waals surface area contributed by atoms with Crippen molar-refractivity contribution in [1.29, 1.82) is 0 Å². The van der Waals surface area contributed by atoms with Gasteiger partial charge in [0.1, 0.15) is 5.82 Å². The van der Waals surface area contributed by atoms with E-state index in [2.05, 4.69) is 56.4 Å². The zero-order valence-electron chi connectivity index (χ0n) is 13.5. The monoisotopic (exact) mass is 276 g/mol. The topological polar surface area (TPSA) is 41.1 Å². The van der Waals surface area contributed by atoms with Gasteiger partial charge < -0.3 is 10.2 Å². The summed E-state index contributed by atoms with van der Waals surface area (Å²) >= 11 is 0. The van der Waals surface area contributed by atoms with Gasteiger partial charge in [0.15, 0.2) is 0 Å². The average molecular weight is 276 g/mol. The summed E-state index contributed by atoms with van der Waals surface area (Å²) in [6.45, 7) is 17.0. The van der Waals surface area contributed by atoms with Crippen molar-refractivity contribution in [3.05, 3.63) is 30.4 Å². The predicted molar refractivity (Wildman–Crippen MR) is 86.2 cm³/mol. The van der Waals surface area contributed by atoms with E-state index in [1.54, 1.807) is 0 Å². The van der Waals surface area contributed by atoms with Crippen molar-refractivity contribution < 1.29 is 0 Å². The lowest BCUT2D eigenvalue weighted by atomic mass is 10.2. The van der Waals surface area contributed by atoms with Crippen LogP contribution in [0.25, 0.3) is 0 Å². The third-order valence-corrected chi connectivity index (χ3v) is 3.13. The number of hydrogen-bond donors (Lipinski definition) is 1. The molecule has 0 aliphatic rings. The lowest BCUT2D eigenvalue weighted by Gasteiger charge is -2.24. The summed E-state index contributed by atoms with van der Waals surface area (Å²) in [5.74, 6) is 1.25. The molecule has 1 rings (SSSR count). The van der Waals surface area contributed by atoms with Crippen molar-refractivity contribution in [2.75, 3.05) is 18.0 Å². The Kier molecular flexibility index (Phi) is 6.65. The third-order valence-electron chi connectivity index (χ3n) is 3.13. The SMILES string of the molecule is C=CCN(CC)c1cnc(C(C)C)nc1CNC(C)C. The normalized spacial score (nSPS) is 11.2. The Morgan fingerprint density at radius 3 is 2.55 bits per heavy atom. The van der Waals surface area contributed by atoms with Gasteiger partial charge in [0.2, 0.25) is 0 Å². The molecule has 0 aromatic carbocycles. The van der Waals surface area contributed by atoms with Crippen LogP contribution in [0.1, 0.15) is 52.1 Å². The number of likely N-dealkylation sites (N-methyl/N-ethyl adjacent to an activating group) is 1. The molecule has 112 valence electrons. The first kappa shape index (κ1) is 16.6. The van der Waals surface area contributed by atoms with Crippen molar-refractivity contribution in [2.45, 2.75) is 53.1 Å². The minimum atomic E-state index is 0.344. The molecular weight excluding hydrogens is 248 g/mol. The number of aromatic nitrogens is 2. The van der Waals surface area contributed by atoms with Gasteiger partial charge in [0, 0.05) is 31.6 Å². The highest BCUT2D eigenvalue weighted by molar-refractivity contribution is 5.49. The fraction of sp³-hybridized carbons (Fsp3) is 0.625. The molecule has 0 bridgehead atoms. The first-order valence-electron chi connectivity index (χ1n) is 7.44. The Balaban J connectivity index is 3.09. The number of nitrogens with one attached hydrogen (secondary N) is 1. The van der Waals surface area contributed by atoms with E-state index < -0.39 is 0 Å². The van der Waals surface area contributed by atoms with Crippen LogP contribution in [0.3, 0.4) is 0 Å². The van der Waals surface area contributed by atoms with Crippen LogP contribution in [-0.4, -0.2) is 29.1 Å². The second kappa shape index (κ2) is 8.00. The van der Waals surface area contributed by atoms with Crippen LogP contribution in [0.2, 0.25) is 0 Å². The number of nitrogens with zero attached hydrogens (tertiary/aromatic N) is 3. The summed E-state index contributed by atoms with van der Waals surface area (Å²) in [7, 11) is 0. The van der Waals surface area contributed by atoms with Gasteiger partial charge in [-0.25, -0.2) is 9.97 Å². The molecule has 0 unspecified atom stereocenters. The molecule has 0 amide bonds. The maximum absolute atomic E-state index is 4.75. The first-order valence-corrected chi connectivity index (χ1v) is 7.44. The lowest BCUT2D eigenvalue weighted by molar-refractivity contribution is 0.576. The Bertz CT molecular complexity index is 426. The maximum atomic E-state index is 4.75. The largest absolute Gasteiger partial charge is 0.365 e. The van der Waals surface area contributed by atoms with Crippen LogP contribution in [0.4, 0.5) is 5.69 Å². The average Bonchev–Trinajstić information content (AvgIpc) is 2.42. The summed E-state index contributed by atoms with van der Waals surface area (Å²) in [6, 6.07) is 0.440. The Morgan fingerprint density at radius 2 is 2.05 bits per heavy atom. The highest BCUT2D eigenvalue weighted by Crippen LogP contribution is 2.20. The van der Waals surface area contributed by atoms with E-state index in [4.69, 9.17) is 4.98 Å². The first-order chi connectivity index (χ1) is 9.49. The molecule has 1 aromatic heterocycles. The molecule has 4 nitrogen and oxygen atoms in total. The molecule has 0 aliphatic carbocycles. The smallest absolute Gasteiger partial charge is 0.131 e. The van der Waals surface area contributed by atoms with Crippen molar-refractivity contribution in [1.82, 2.24) is 15.3 Å². The van der Waals surface area contributed by atoms with Crippen molar-refractivity contribution in [2.24, 2.45) is 0 Å². The fourth-order valence-electron chi connectivity index (χ4n) is 1.95. The van der Waals surface area contributed by atoms with Crippen molar-refractivity contribution in [3.8, 4) is 0 Å². The second-order valence-electron chi connectivity index (χ2n) is 5.58. The van der Waals surface area contributed by atoms with Crippen LogP contribution in [0.15, 0.2) is 18.9 Å². The Morgan fingerprint density at radius 1 is 1.35 bits per heavy atom. The molecule has 0 radical (unpaired) electrons. The number of rotatable bonds is 8. The zero-order chi connectivity index (χ0) is 15.1. The van der Waals surface area contributed by atoms with E-state index in [9.17, 15) is 0 Å². The van der Waals surface area contributed by atoms with Gasteiger partial charge in [-0.2, -0.15) is 0 Å². The van der Waals surface area contributed by atoms with Crippen LogP contribution in [-0.2, 0) is 6.54 Å². The molecule has 0 atom stereocenters. The maximum Gasteiger partial charge on any atom is 0.131 e. The van der Waals surface area contributed by atoms with Crippen molar-refractivity contribution in [3.63, 3.8) is 0 Å². The van der Waals surface area contributed by atoms with Gasteiger partial charge in [-0.3, -0.25) is 0 Å². The Labute approximate surface area is 123 Å². The van der Waals surface area contributed by atoms with Crippen LogP contribution in [0, 0.1) is 0 Å². The lowest BCUT2D eigenvalue weighted by Crippen LogP contribution is -2.28. The van der Waals surface area contributed by atoms with Gasteiger partial charge in [-0.05, 0) is 6.92 Å². The molecule has 0 spiro atoms.